The maximum atomic E-state index is 12.6. The Balaban J connectivity index is 1.78. The molecule has 0 N–H and O–H groups in total. The van der Waals surface area contributed by atoms with Gasteiger partial charge in [-0.1, -0.05) is 30.7 Å². The van der Waals surface area contributed by atoms with Gasteiger partial charge in [0.2, 0.25) is 0 Å². The molecule has 0 saturated carbocycles. The molecule has 4 heteroatoms. The molecular weight excluding hydrogens is 302 g/mol. The van der Waals surface area contributed by atoms with Gasteiger partial charge in [0, 0.05) is 23.0 Å². The van der Waals surface area contributed by atoms with Crippen LogP contribution in [0.5, 0.6) is 0 Å². The molecule has 2 aromatic rings. The number of amides is 1. The number of rotatable bonds is 2. The van der Waals surface area contributed by atoms with Crippen molar-refractivity contribution >= 4 is 28.8 Å². The Kier molecular flexibility index (Phi) is 4.32. The Bertz CT molecular complexity index is 634. The molecule has 1 aliphatic heterocycles. The second kappa shape index (κ2) is 6.20. The fourth-order valence-electron chi connectivity index (χ4n) is 2.75. The molecule has 0 radical (unpaired) electrons. The molecule has 110 valence electrons. The number of benzene rings is 1. The van der Waals surface area contributed by atoms with Crippen LogP contribution in [-0.4, -0.2) is 23.9 Å². The minimum absolute atomic E-state index is 0.173. The number of thiophene rings is 1. The number of carbonyl (C=O) groups excluding carboxylic acids is 1. The standard InChI is InChI=1S/C17H18ClNOS/c1-12-3-2-10-19(11-12)17(20)16-9-8-15(21-16)13-4-6-14(18)7-5-13/h4-9,12H,2-3,10-11H2,1H3/t12-/m1/s1. The van der Waals surface area contributed by atoms with Gasteiger partial charge in [-0.05, 0) is 48.6 Å². The van der Waals surface area contributed by atoms with E-state index < -0.39 is 0 Å². The summed E-state index contributed by atoms with van der Waals surface area (Å²) < 4.78 is 0. The van der Waals surface area contributed by atoms with Gasteiger partial charge in [0.1, 0.15) is 0 Å². The summed E-state index contributed by atoms with van der Waals surface area (Å²) in [4.78, 5) is 16.5. The van der Waals surface area contributed by atoms with Gasteiger partial charge in [-0.15, -0.1) is 11.3 Å². The van der Waals surface area contributed by atoms with E-state index in [1.165, 1.54) is 6.42 Å². The number of hydrogen-bond acceptors (Lipinski definition) is 2. The van der Waals surface area contributed by atoms with E-state index in [0.29, 0.717) is 5.92 Å². The molecule has 3 rings (SSSR count). The molecule has 1 saturated heterocycles. The third kappa shape index (κ3) is 3.30. The number of piperidine rings is 1. The summed E-state index contributed by atoms with van der Waals surface area (Å²) in [5.41, 5.74) is 1.11. The highest BCUT2D eigenvalue weighted by Gasteiger charge is 2.23. The molecule has 21 heavy (non-hydrogen) atoms. The lowest BCUT2D eigenvalue weighted by Crippen LogP contribution is -2.38. The van der Waals surface area contributed by atoms with Crippen LogP contribution in [0.25, 0.3) is 10.4 Å². The minimum atomic E-state index is 0.173. The van der Waals surface area contributed by atoms with Gasteiger partial charge in [-0.25, -0.2) is 0 Å². The van der Waals surface area contributed by atoms with Gasteiger partial charge in [0.15, 0.2) is 0 Å². The summed E-state index contributed by atoms with van der Waals surface area (Å²) in [7, 11) is 0. The number of halogens is 1. The zero-order chi connectivity index (χ0) is 14.8. The molecule has 0 unspecified atom stereocenters. The van der Waals surface area contributed by atoms with Crippen LogP contribution in [0.15, 0.2) is 36.4 Å². The van der Waals surface area contributed by atoms with E-state index in [9.17, 15) is 4.79 Å². The first-order valence-electron chi connectivity index (χ1n) is 7.28. The van der Waals surface area contributed by atoms with Crippen molar-refractivity contribution in [2.75, 3.05) is 13.1 Å². The van der Waals surface area contributed by atoms with Crippen LogP contribution >= 0.6 is 22.9 Å². The first kappa shape index (κ1) is 14.6. The maximum absolute atomic E-state index is 12.6. The Morgan fingerprint density at radius 2 is 2.00 bits per heavy atom. The van der Waals surface area contributed by atoms with Crippen molar-refractivity contribution in [3.05, 3.63) is 46.3 Å². The van der Waals surface area contributed by atoms with E-state index in [1.807, 2.05) is 41.3 Å². The number of hydrogen-bond donors (Lipinski definition) is 0. The summed E-state index contributed by atoms with van der Waals surface area (Å²) in [6.07, 6.45) is 2.34. The normalized spacial score (nSPS) is 18.8. The van der Waals surface area contributed by atoms with E-state index in [0.717, 1.165) is 39.9 Å². The molecule has 1 fully saturated rings. The molecule has 1 aliphatic rings. The van der Waals surface area contributed by atoms with Gasteiger partial charge in [-0.3, -0.25) is 4.79 Å². The van der Waals surface area contributed by atoms with Crippen LogP contribution in [0.4, 0.5) is 0 Å². The van der Waals surface area contributed by atoms with Crippen molar-refractivity contribution in [3.8, 4) is 10.4 Å². The average molecular weight is 320 g/mol. The minimum Gasteiger partial charge on any atom is -0.338 e. The first-order chi connectivity index (χ1) is 10.1. The third-order valence-corrected chi connectivity index (χ3v) is 5.26. The van der Waals surface area contributed by atoms with E-state index in [4.69, 9.17) is 11.6 Å². The third-order valence-electron chi connectivity index (χ3n) is 3.89. The van der Waals surface area contributed by atoms with Gasteiger partial charge >= 0.3 is 0 Å². The molecular formula is C17H18ClNOS. The van der Waals surface area contributed by atoms with Gasteiger partial charge in [0.05, 0.1) is 4.88 Å². The highest BCUT2D eigenvalue weighted by Crippen LogP contribution is 2.30. The van der Waals surface area contributed by atoms with Crippen LogP contribution in [0.1, 0.15) is 29.4 Å². The van der Waals surface area contributed by atoms with E-state index >= 15 is 0 Å². The molecule has 1 aromatic heterocycles. The molecule has 1 atom stereocenters. The maximum Gasteiger partial charge on any atom is 0.263 e. The second-order valence-corrected chi connectivity index (χ2v) is 7.19. The summed E-state index contributed by atoms with van der Waals surface area (Å²) >= 11 is 7.47. The molecule has 0 aliphatic carbocycles. The Hall–Kier alpha value is -1.32. The summed E-state index contributed by atoms with van der Waals surface area (Å²) in [5, 5.41) is 0.730. The zero-order valence-electron chi connectivity index (χ0n) is 12.0. The summed E-state index contributed by atoms with van der Waals surface area (Å²) in [5.74, 6) is 0.783. The largest absolute Gasteiger partial charge is 0.338 e. The lowest BCUT2D eigenvalue weighted by molar-refractivity contribution is 0.0688. The van der Waals surface area contributed by atoms with Crippen molar-refractivity contribution in [1.82, 2.24) is 4.90 Å². The average Bonchev–Trinajstić information content (AvgIpc) is 2.97. The van der Waals surface area contributed by atoms with E-state index in [2.05, 4.69) is 6.92 Å². The fraction of sp³-hybridized carbons (Fsp3) is 0.353. The first-order valence-corrected chi connectivity index (χ1v) is 8.48. The van der Waals surface area contributed by atoms with Gasteiger partial charge in [0.25, 0.3) is 5.91 Å². The van der Waals surface area contributed by atoms with Crippen molar-refractivity contribution in [2.24, 2.45) is 5.92 Å². The molecule has 1 amide bonds. The van der Waals surface area contributed by atoms with Crippen LogP contribution < -0.4 is 0 Å². The van der Waals surface area contributed by atoms with Crippen LogP contribution in [0, 0.1) is 5.92 Å². The van der Waals surface area contributed by atoms with Crippen molar-refractivity contribution in [2.45, 2.75) is 19.8 Å². The fourth-order valence-corrected chi connectivity index (χ4v) is 3.86. The van der Waals surface area contributed by atoms with Crippen molar-refractivity contribution in [1.29, 1.82) is 0 Å². The second-order valence-electron chi connectivity index (χ2n) is 5.67. The smallest absolute Gasteiger partial charge is 0.263 e. The lowest BCUT2D eigenvalue weighted by atomic mass is 10.0. The Labute approximate surface area is 134 Å². The number of carbonyl (C=O) groups is 1. The molecule has 2 heterocycles. The highest BCUT2D eigenvalue weighted by atomic mass is 35.5. The van der Waals surface area contributed by atoms with E-state index in [-0.39, 0.29) is 5.91 Å². The lowest BCUT2D eigenvalue weighted by Gasteiger charge is -2.30. The van der Waals surface area contributed by atoms with Gasteiger partial charge in [-0.2, -0.15) is 0 Å². The summed E-state index contributed by atoms with van der Waals surface area (Å²) in [6.45, 7) is 3.98. The van der Waals surface area contributed by atoms with Crippen LogP contribution in [-0.2, 0) is 0 Å². The molecule has 2 nitrogen and oxygen atoms in total. The Morgan fingerprint density at radius 3 is 2.71 bits per heavy atom. The van der Waals surface area contributed by atoms with Crippen LogP contribution in [0.3, 0.4) is 0 Å². The SMILES string of the molecule is C[C@@H]1CCCN(C(=O)c2ccc(-c3ccc(Cl)cc3)s2)C1. The predicted molar refractivity (Wildman–Crippen MR) is 89.1 cm³/mol. The van der Waals surface area contributed by atoms with Gasteiger partial charge < -0.3 is 4.90 Å². The zero-order valence-corrected chi connectivity index (χ0v) is 13.6. The van der Waals surface area contributed by atoms with Crippen LogP contribution in [0.2, 0.25) is 5.02 Å². The topological polar surface area (TPSA) is 20.3 Å². The number of nitrogens with zero attached hydrogens (tertiary/aromatic N) is 1. The quantitative estimate of drug-likeness (QED) is 0.767. The molecule has 0 spiro atoms. The Morgan fingerprint density at radius 1 is 1.24 bits per heavy atom. The van der Waals surface area contributed by atoms with Crippen molar-refractivity contribution in [3.63, 3.8) is 0 Å². The predicted octanol–water partition coefficient (Wildman–Crippen LogP) is 4.94. The number of likely N-dealkylation sites (tertiary alicyclic amines) is 1. The highest BCUT2D eigenvalue weighted by molar-refractivity contribution is 7.17. The molecule has 0 bridgehead atoms. The summed E-state index contributed by atoms with van der Waals surface area (Å²) in [6, 6.07) is 11.7. The van der Waals surface area contributed by atoms with E-state index in [1.54, 1.807) is 11.3 Å². The monoisotopic (exact) mass is 319 g/mol. The van der Waals surface area contributed by atoms with Crippen molar-refractivity contribution < 1.29 is 4.79 Å². The molecule has 1 aromatic carbocycles.